The van der Waals surface area contributed by atoms with Gasteiger partial charge in [0.25, 0.3) is 0 Å². The van der Waals surface area contributed by atoms with Crippen LogP contribution in [0.25, 0.3) is 0 Å². The maximum absolute atomic E-state index is 13.0. The number of carbonyl (C=O) groups is 2. The normalized spacial score (nSPS) is 19.9. The molecule has 1 unspecified atom stereocenters. The molecule has 1 aliphatic carbocycles. The summed E-state index contributed by atoms with van der Waals surface area (Å²) < 4.78 is 6.41. The molecule has 30 heavy (non-hydrogen) atoms. The predicted octanol–water partition coefficient (Wildman–Crippen LogP) is 4.97. The number of halogens is 1. The molecular formula is C22H22BrN3O3S. The number of amidine groups is 1. The fourth-order valence-electron chi connectivity index (χ4n) is 3.17. The Morgan fingerprint density at radius 2 is 1.90 bits per heavy atom. The molecule has 4 rings (SSSR count). The van der Waals surface area contributed by atoms with E-state index in [1.807, 2.05) is 55.5 Å². The molecule has 1 atom stereocenters. The Morgan fingerprint density at radius 1 is 1.20 bits per heavy atom. The third kappa shape index (κ3) is 5.05. The molecule has 2 aromatic carbocycles. The van der Waals surface area contributed by atoms with Crippen LogP contribution in [-0.2, 0) is 9.59 Å². The smallest absolute Gasteiger partial charge is 0.242 e. The molecule has 1 aliphatic heterocycles. The summed E-state index contributed by atoms with van der Waals surface area (Å²) in [6, 6.07) is 15.1. The zero-order chi connectivity index (χ0) is 21.1. The first kappa shape index (κ1) is 20.9. The Labute approximate surface area is 188 Å². The second-order valence-corrected chi connectivity index (χ2v) is 9.21. The Hall–Kier alpha value is -2.32. The number of thioether (sulfide) groups is 1. The Kier molecular flexibility index (Phi) is 6.43. The molecule has 2 amide bonds. The molecule has 8 heteroatoms. The first-order valence-electron chi connectivity index (χ1n) is 9.90. The number of aliphatic imine (C=N–C) groups is 1. The molecule has 1 saturated carbocycles. The van der Waals surface area contributed by atoms with E-state index in [0.29, 0.717) is 17.5 Å². The van der Waals surface area contributed by atoms with Gasteiger partial charge in [0, 0.05) is 22.6 Å². The van der Waals surface area contributed by atoms with Gasteiger partial charge >= 0.3 is 0 Å². The van der Waals surface area contributed by atoms with Crippen LogP contribution in [0.2, 0.25) is 0 Å². The fraction of sp³-hybridized carbons (Fsp3) is 0.318. The van der Waals surface area contributed by atoms with Crippen LogP contribution >= 0.6 is 27.7 Å². The molecule has 2 aliphatic rings. The molecule has 1 saturated heterocycles. The standard InChI is InChI=1S/C22H22BrN3O3S/c1-2-29-18-11-7-16(8-12-18)25-22-26(17-9-10-17)21(28)19(30-22)13-20(27)24-15-5-3-14(23)4-6-15/h3-8,11-12,17,19H,2,9-10,13H2,1H3,(H,24,27). The molecule has 0 bridgehead atoms. The quantitative estimate of drug-likeness (QED) is 0.598. The molecule has 2 fully saturated rings. The maximum Gasteiger partial charge on any atom is 0.242 e. The highest BCUT2D eigenvalue weighted by Gasteiger charge is 2.46. The highest BCUT2D eigenvalue weighted by molar-refractivity contribution is 9.10. The molecule has 2 aromatic rings. The first-order chi connectivity index (χ1) is 14.5. The van der Waals surface area contributed by atoms with Crippen molar-refractivity contribution in [1.29, 1.82) is 0 Å². The number of hydrogen-bond donors (Lipinski definition) is 1. The van der Waals surface area contributed by atoms with Crippen LogP contribution in [0.15, 0.2) is 58.0 Å². The average Bonchev–Trinajstić information content (AvgIpc) is 3.51. The largest absolute Gasteiger partial charge is 0.494 e. The van der Waals surface area contributed by atoms with Crippen molar-refractivity contribution in [2.75, 3.05) is 11.9 Å². The number of carbonyl (C=O) groups excluding carboxylic acids is 2. The molecule has 0 radical (unpaired) electrons. The zero-order valence-electron chi connectivity index (χ0n) is 16.5. The summed E-state index contributed by atoms with van der Waals surface area (Å²) in [6.07, 6.45) is 2.07. The van der Waals surface area contributed by atoms with E-state index in [0.717, 1.165) is 28.8 Å². The van der Waals surface area contributed by atoms with E-state index >= 15 is 0 Å². The van der Waals surface area contributed by atoms with Crippen LogP contribution in [0.5, 0.6) is 5.75 Å². The van der Waals surface area contributed by atoms with E-state index < -0.39 is 5.25 Å². The van der Waals surface area contributed by atoms with Crippen LogP contribution in [0.4, 0.5) is 11.4 Å². The number of hydrogen-bond acceptors (Lipinski definition) is 5. The highest BCUT2D eigenvalue weighted by atomic mass is 79.9. The van der Waals surface area contributed by atoms with Crippen LogP contribution in [0.1, 0.15) is 26.2 Å². The number of anilines is 1. The van der Waals surface area contributed by atoms with Gasteiger partial charge in [0.05, 0.1) is 12.3 Å². The van der Waals surface area contributed by atoms with Crippen molar-refractivity contribution in [2.45, 2.75) is 37.5 Å². The van der Waals surface area contributed by atoms with Gasteiger partial charge < -0.3 is 10.1 Å². The van der Waals surface area contributed by atoms with Crippen molar-refractivity contribution in [2.24, 2.45) is 4.99 Å². The lowest BCUT2D eigenvalue weighted by molar-refractivity contribution is -0.128. The molecule has 0 aromatic heterocycles. The molecule has 0 spiro atoms. The summed E-state index contributed by atoms with van der Waals surface area (Å²) in [5.74, 6) is 0.581. The molecule has 6 nitrogen and oxygen atoms in total. The number of benzene rings is 2. The molecule has 156 valence electrons. The average molecular weight is 488 g/mol. The van der Waals surface area contributed by atoms with Gasteiger partial charge in [-0.25, -0.2) is 4.99 Å². The minimum Gasteiger partial charge on any atom is -0.494 e. The van der Waals surface area contributed by atoms with Gasteiger partial charge in [0.2, 0.25) is 11.8 Å². The number of ether oxygens (including phenoxy) is 1. The van der Waals surface area contributed by atoms with Crippen LogP contribution in [0.3, 0.4) is 0 Å². The van der Waals surface area contributed by atoms with Gasteiger partial charge in [-0.1, -0.05) is 27.7 Å². The number of nitrogens with zero attached hydrogens (tertiary/aromatic N) is 2. The van der Waals surface area contributed by atoms with Gasteiger partial charge in [-0.3, -0.25) is 14.5 Å². The molecular weight excluding hydrogens is 466 g/mol. The lowest BCUT2D eigenvalue weighted by atomic mass is 10.2. The van der Waals surface area contributed by atoms with Crippen LogP contribution in [-0.4, -0.2) is 39.8 Å². The van der Waals surface area contributed by atoms with E-state index in [2.05, 4.69) is 21.2 Å². The summed E-state index contributed by atoms with van der Waals surface area (Å²) in [5.41, 5.74) is 1.47. The van der Waals surface area contributed by atoms with E-state index in [9.17, 15) is 9.59 Å². The van der Waals surface area contributed by atoms with Gasteiger partial charge in [-0.2, -0.15) is 0 Å². The van der Waals surface area contributed by atoms with Crippen molar-refractivity contribution in [1.82, 2.24) is 4.90 Å². The summed E-state index contributed by atoms with van der Waals surface area (Å²) in [6.45, 7) is 2.55. The zero-order valence-corrected chi connectivity index (χ0v) is 18.9. The summed E-state index contributed by atoms with van der Waals surface area (Å²) in [7, 11) is 0. The number of amides is 2. The van der Waals surface area contributed by atoms with Crippen molar-refractivity contribution in [3.63, 3.8) is 0 Å². The van der Waals surface area contributed by atoms with Gasteiger partial charge in [-0.15, -0.1) is 0 Å². The maximum atomic E-state index is 13.0. The van der Waals surface area contributed by atoms with Crippen molar-refractivity contribution < 1.29 is 14.3 Å². The lowest BCUT2D eigenvalue weighted by Gasteiger charge is -2.15. The highest BCUT2D eigenvalue weighted by Crippen LogP contribution is 2.39. The third-order valence-electron chi connectivity index (χ3n) is 4.75. The second-order valence-electron chi connectivity index (χ2n) is 7.13. The van der Waals surface area contributed by atoms with E-state index in [4.69, 9.17) is 9.73 Å². The summed E-state index contributed by atoms with van der Waals surface area (Å²) >= 11 is 4.75. The van der Waals surface area contributed by atoms with E-state index in [1.165, 1.54) is 11.8 Å². The topological polar surface area (TPSA) is 71.0 Å². The van der Waals surface area contributed by atoms with Crippen LogP contribution in [0, 0.1) is 0 Å². The monoisotopic (exact) mass is 487 g/mol. The second kappa shape index (κ2) is 9.22. The Morgan fingerprint density at radius 3 is 2.53 bits per heavy atom. The van der Waals surface area contributed by atoms with Crippen molar-refractivity contribution in [3.05, 3.63) is 53.0 Å². The first-order valence-corrected chi connectivity index (χ1v) is 11.6. The number of rotatable bonds is 7. The summed E-state index contributed by atoms with van der Waals surface area (Å²) in [4.78, 5) is 31.9. The van der Waals surface area contributed by atoms with Gasteiger partial charge in [0.15, 0.2) is 5.17 Å². The van der Waals surface area contributed by atoms with Crippen LogP contribution < -0.4 is 10.1 Å². The van der Waals surface area contributed by atoms with Crippen molar-refractivity contribution in [3.8, 4) is 5.75 Å². The minimum atomic E-state index is -0.456. The molecule has 1 N–H and O–H groups in total. The van der Waals surface area contributed by atoms with Gasteiger partial charge in [-0.05, 0) is 68.3 Å². The third-order valence-corrected chi connectivity index (χ3v) is 6.43. The van der Waals surface area contributed by atoms with E-state index in [-0.39, 0.29) is 24.3 Å². The minimum absolute atomic E-state index is 0.0295. The van der Waals surface area contributed by atoms with E-state index in [1.54, 1.807) is 4.90 Å². The fourth-order valence-corrected chi connectivity index (χ4v) is 4.65. The van der Waals surface area contributed by atoms with Gasteiger partial charge in [0.1, 0.15) is 11.0 Å². The SMILES string of the molecule is CCOc1ccc(N=C2SC(CC(=O)Nc3ccc(Br)cc3)C(=O)N2C2CC2)cc1. The Balaban J connectivity index is 1.45. The number of nitrogens with one attached hydrogen (secondary N) is 1. The molecule has 1 heterocycles. The Bertz CT molecular complexity index is 959. The predicted molar refractivity (Wildman–Crippen MR) is 123 cm³/mol. The summed E-state index contributed by atoms with van der Waals surface area (Å²) in [5, 5.41) is 3.08. The van der Waals surface area contributed by atoms with Crippen molar-refractivity contribution >= 4 is 56.0 Å². The lowest BCUT2D eigenvalue weighted by Crippen LogP contribution is -2.35.